The van der Waals surface area contributed by atoms with Gasteiger partial charge in [0.15, 0.2) is 0 Å². The van der Waals surface area contributed by atoms with Crippen LogP contribution in [-0.2, 0) is 4.74 Å². The maximum absolute atomic E-state index is 6.50. The van der Waals surface area contributed by atoms with Crippen LogP contribution in [0, 0.1) is 20.8 Å². The summed E-state index contributed by atoms with van der Waals surface area (Å²) in [5, 5.41) is 0. The molecule has 102 valence electrons. The van der Waals surface area contributed by atoms with Crippen molar-refractivity contribution in [2.24, 2.45) is 5.73 Å². The molecule has 0 fully saturated rings. The normalized spacial score (nSPS) is 13.7. The zero-order valence-corrected chi connectivity index (χ0v) is 12.6. The molecule has 0 aliphatic carbocycles. The zero-order valence-electron chi connectivity index (χ0n) is 12.6. The van der Waals surface area contributed by atoms with E-state index in [0.717, 1.165) is 12.8 Å². The van der Waals surface area contributed by atoms with Gasteiger partial charge in [0.1, 0.15) is 0 Å². The Kier molecular flexibility index (Phi) is 4.94. The first kappa shape index (κ1) is 15.2. The quantitative estimate of drug-likeness (QED) is 0.861. The van der Waals surface area contributed by atoms with Crippen LogP contribution in [0.25, 0.3) is 0 Å². The van der Waals surface area contributed by atoms with Crippen LogP contribution in [0.1, 0.15) is 55.0 Å². The summed E-state index contributed by atoms with van der Waals surface area (Å²) in [6.07, 6.45) is 1.85. The van der Waals surface area contributed by atoms with Crippen LogP contribution in [0.2, 0.25) is 0 Å². The third-order valence-corrected chi connectivity index (χ3v) is 4.39. The molecule has 2 heteroatoms. The van der Waals surface area contributed by atoms with Gasteiger partial charge in [-0.25, -0.2) is 0 Å². The lowest BCUT2D eigenvalue weighted by molar-refractivity contribution is -0.0387. The monoisotopic (exact) mass is 249 g/mol. The van der Waals surface area contributed by atoms with Crippen molar-refractivity contribution in [3.05, 3.63) is 34.4 Å². The van der Waals surface area contributed by atoms with E-state index >= 15 is 0 Å². The van der Waals surface area contributed by atoms with E-state index in [1.807, 2.05) is 0 Å². The highest BCUT2D eigenvalue weighted by Gasteiger charge is 2.35. The maximum atomic E-state index is 6.50. The fourth-order valence-corrected chi connectivity index (χ4v) is 2.71. The van der Waals surface area contributed by atoms with Crippen LogP contribution in [0.15, 0.2) is 12.1 Å². The van der Waals surface area contributed by atoms with Gasteiger partial charge >= 0.3 is 0 Å². The van der Waals surface area contributed by atoms with Gasteiger partial charge in [0.05, 0.1) is 11.6 Å². The molecule has 1 unspecified atom stereocenters. The van der Waals surface area contributed by atoms with Crippen molar-refractivity contribution in [3.63, 3.8) is 0 Å². The molecule has 0 amide bonds. The highest BCUT2D eigenvalue weighted by Crippen LogP contribution is 2.35. The first-order valence-corrected chi connectivity index (χ1v) is 6.80. The predicted molar refractivity (Wildman–Crippen MR) is 77.9 cm³/mol. The average Bonchev–Trinajstić information content (AvgIpc) is 2.36. The lowest BCUT2D eigenvalue weighted by Gasteiger charge is -2.37. The zero-order chi connectivity index (χ0) is 13.9. The standard InChI is InChI=1S/C16H27NO/c1-7-16(8-2,18-6)15(17)14-10-12(4)11(3)9-13(14)5/h9-10,15H,7-8,17H2,1-6H3. The van der Waals surface area contributed by atoms with Gasteiger partial charge in [-0.3, -0.25) is 0 Å². The Balaban J connectivity index is 3.25. The van der Waals surface area contributed by atoms with Gasteiger partial charge in [0.25, 0.3) is 0 Å². The number of hydrogen-bond donors (Lipinski definition) is 1. The molecule has 2 N–H and O–H groups in total. The molecule has 2 nitrogen and oxygen atoms in total. The van der Waals surface area contributed by atoms with E-state index in [1.54, 1.807) is 7.11 Å². The van der Waals surface area contributed by atoms with E-state index in [9.17, 15) is 0 Å². The van der Waals surface area contributed by atoms with Crippen molar-refractivity contribution >= 4 is 0 Å². The number of hydrogen-bond acceptors (Lipinski definition) is 2. The fourth-order valence-electron chi connectivity index (χ4n) is 2.71. The molecule has 0 radical (unpaired) electrons. The third-order valence-electron chi connectivity index (χ3n) is 4.39. The summed E-state index contributed by atoms with van der Waals surface area (Å²) >= 11 is 0. The Bertz CT molecular complexity index is 400. The number of methoxy groups -OCH3 is 1. The molecule has 0 spiro atoms. The van der Waals surface area contributed by atoms with Crippen LogP contribution in [-0.4, -0.2) is 12.7 Å². The number of aryl methyl sites for hydroxylation is 3. The summed E-state index contributed by atoms with van der Waals surface area (Å²) < 4.78 is 5.75. The molecule has 0 aliphatic heterocycles. The molecule has 1 aromatic rings. The summed E-state index contributed by atoms with van der Waals surface area (Å²) in [4.78, 5) is 0. The number of rotatable bonds is 5. The Morgan fingerprint density at radius 2 is 1.56 bits per heavy atom. The summed E-state index contributed by atoms with van der Waals surface area (Å²) in [7, 11) is 1.77. The highest BCUT2D eigenvalue weighted by molar-refractivity contribution is 5.39. The van der Waals surface area contributed by atoms with Crippen molar-refractivity contribution in [1.82, 2.24) is 0 Å². The Morgan fingerprint density at radius 3 is 2.00 bits per heavy atom. The van der Waals surface area contributed by atoms with Gasteiger partial charge in [-0.05, 0) is 55.9 Å². The second-order valence-corrected chi connectivity index (χ2v) is 5.25. The van der Waals surface area contributed by atoms with E-state index in [4.69, 9.17) is 10.5 Å². The average molecular weight is 249 g/mol. The second kappa shape index (κ2) is 5.85. The van der Waals surface area contributed by atoms with E-state index in [-0.39, 0.29) is 11.6 Å². The second-order valence-electron chi connectivity index (χ2n) is 5.25. The van der Waals surface area contributed by atoms with Gasteiger partial charge in [-0.15, -0.1) is 0 Å². The Morgan fingerprint density at radius 1 is 1.06 bits per heavy atom. The summed E-state index contributed by atoms with van der Waals surface area (Å²) in [5.74, 6) is 0. The van der Waals surface area contributed by atoms with E-state index in [1.165, 1.54) is 22.3 Å². The van der Waals surface area contributed by atoms with Gasteiger partial charge in [-0.1, -0.05) is 26.0 Å². The molecule has 0 bridgehead atoms. The molecule has 1 rings (SSSR count). The topological polar surface area (TPSA) is 35.2 Å². The minimum Gasteiger partial charge on any atom is -0.376 e. The Labute approximate surface area is 112 Å². The van der Waals surface area contributed by atoms with Crippen LogP contribution in [0.3, 0.4) is 0 Å². The van der Waals surface area contributed by atoms with Gasteiger partial charge < -0.3 is 10.5 Å². The van der Waals surface area contributed by atoms with Gasteiger partial charge in [0, 0.05) is 7.11 Å². The smallest absolute Gasteiger partial charge is 0.0865 e. The fraction of sp³-hybridized carbons (Fsp3) is 0.625. The lowest BCUT2D eigenvalue weighted by atomic mass is 9.82. The molecule has 0 aliphatic rings. The molecule has 0 saturated heterocycles. The lowest BCUT2D eigenvalue weighted by Crippen LogP contribution is -2.42. The summed E-state index contributed by atoms with van der Waals surface area (Å²) in [6, 6.07) is 4.36. The minimum atomic E-state index is -0.257. The molecule has 1 atom stereocenters. The maximum Gasteiger partial charge on any atom is 0.0865 e. The number of nitrogens with two attached hydrogens (primary N) is 1. The van der Waals surface area contributed by atoms with Crippen molar-refractivity contribution in [2.45, 2.75) is 59.1 Å². The van der Waals surface area contributed by atoms with Gasteiger partial charge in [0.2, 0.25) is 0 Å². The van der Waals surface area contributed by atoms with Crippen LogP contribution < -0.4 is 5.73 Å². The molecule has 0 saturated carbocycles. The predicted octanol–water partition coefficient (Wildman–Crippen LogP) is 3.82. The van der Waals surface area contributed by atoms with Crippen LogP contribution in [0.4, 0.5) is 0 Å². The molecule has 0 aromatic heterocycles. The van der Waals surface area contributed by atoms with Crippen molar-refractivity contribution in [3.8, 4) is 0 Å². The van der Waals surface area contributed by atoms with E-state index < -0.39 is 0 Å². The third kappa shape index (κ3) is 2.60. The molecular formula is C16H27NO. The largest absolute Gasteiger partial charge is 0.376 e. The van der Waals surface area contributed by atoms with Crippen molar-refractivity contribution < 1.29 is 4.74 Å². The Hall–Kier alpha value is -0.860. The molecule has 1 aromatic carbocycles. The van der Waals surface area contributed by atoms with Crippen molar-refractivity contribution in [2.75, 3.05) is 7.11 Å². The highest BCUT2D eigenvalue weighted by atomic mass is 16.5. The van der Waals surface area contributed by atoms with E-state index in [0.29, 0.717) is 0 Å². The molecular weight excluding hydrogens is 222 g/mol. The van der Waals surface area contributed by atoms with E-state index in [2.05, 4.69) is 46.8 Å². The number of ether oxygens (including phenoxy) is 1. The first-order chi connectivity index (χ1) is 8.41. The van der Waals surface area contributed by atoms with Gasteiger partial charge in [-0.2, -0.15) is 0 Å². The summed E-state index contributed by atoms with van der Waals surface area (Å²) in [5.41, 5.74) is 11.3. The summed E-state index contributed by atoms with van der Waals surface area (Å²) in [6.45, 7) is 10.7. The van der Waals surface area contributed by atoms with Crippen molar-refractivity contribution in [1.29, 1.82) is 0 Å². The number of benzene rings is 1. The van der Waals surface area contributed by atoms with Crippen LogP contribution >= 0.6 is 0 Å². The molecule has 18 heavy (non-hydrogen) atoms. The SMILES string of the molecule is CCC(CC)(OC)C(N)c1cc(C)c(C)cc1C. The minimum absolute atomic E-state index is 0.0724. The first-order valence-electron chi connectivity index (χ1n) is 6.80. The van der Waals surface area contributed by atoms with Crippen LogP contribution in [0.5, 0.6) is 0 Å². The molecule has 0 heterocycles.